The number of carbonyl (C=O) groups excluding carboxylic acids is 3. The van der Waals surface area contributed by atoms with Gasteiger partial charge in [-0.3, -0.25) is 9.59 Å². The van der Waals surface area contributed by atoms with Crippen LogP contribution in [-0.2, 0) is 14.3 Å². The van der Waals surface area contributed by atoms with Gasteiger partial charge in [0.2, 0.25) is 5.91 Å². The maximum Gasteiger partial charge on any atom is 0.323 e. The van der Waals surface area contributed by atoms with E-state index in [1.807, 2.05) is 13.8 Å². The average molecular weight is 531 g/mol. The molecule has 3 atom stereocenters. The largest absolute Gasteiger partial charge is 0.491 e. The summed E-state index contributed by atoms with van der Waals surface area (Å²) in [6.45, 7) is 4.55. The Kier molecular flexibility index (Phi) is 10.0. The lowest BCUT2D eigenvalue weighted by atomic mass is 10.0. The SMILES string of the molecule is COCC(=O)N1C[C@@H](C)[C@@H](OC)CN(C)C(=O)c2ccc(NC(=O)Nc3cccc(F)c3)cc2OC[C@@H]1C. The third kappa shape index (κ3) is 7.42. The number of halogens is 1. The summed E-state index contributed by atoms with van der Waals surface area (Å²) in [5.41, 5.74) is 0.954. The predicted octanol–water partition coefficient (Wildman–Crippen LogP) is 3.45. The van der Waals surface area contributed by atoms with Gasteiger partial charge in [-0.2, -0.15) is 0 Å². The summed E-state index contributed by atoms with van der Waals surface area (Å²) >= 11 is 0. The summed E-state index contributed by atoms with van der Waals surface area (Å²) < 4.78 is 30.3. The van der Waals surface area contributed by atoms with Crippen molar-refractivity contribution in [1.29, 1.82) is 0 Å². The molecule has 2 aromatic carbocycles. The zero-order chi connectivity index (χ0) is 27.8. The van der Waals surface area contributed by atoms with E-state index in [-0.39, 0.29) is 48.8 Å². The molecule has 1 aliphatic rings. The van der Waals surface area contributed by atoms with Crippen molar-refractivity contribution in [1.82, 2.24) is 9.80 Å². The Balaban J connectivity index is 1.88. The first-order valence-electron chi connectivity index (χ1n) is 12.3. The Morgan fingerprint density at radius 1 is 1.08 bits per heavy atom. The van der Waals surface area contributed by atoms with Crippen molar-refractivity contribution < 1.29 is 33.0 Å². The lowest BCUT2D eigenvalue weighted by Crippen LogP contribution is -2.49. The zero-order valence-electron chi connectivity index (χ0n) is 22.3. The highest BCUT2D eigenvalue weighted by atomic mass is 19.1. The highest BCUT2D eigenvalue weighted by molar-refractivity contribution is 6.01. The van der Waals surface area contributed by atoms with E-state index in [1.165, 1.54) is 25.3 Å². The molecule has 0 spiro atoms. The van der Waals surface area contributed by atoms with Gasteiger partial charge in [0, 0.05) is 57.7 Å². The number of amides is 4. The molecule has 2 N–H and O–H groups in total. The first kappa shape index (κ1) is 28.9. The summed E-state index contributed by atoms with van der Waals surface area (Å²) in [6, 6.07) is 9.29. The molecule has 1 heterocycles. The van der Waals surface area contributed by atoms with Gasteiger partial charge in [-0.25, -0.2) is 9.18 Å². The van der Waals surface area contributed by atoms with Gasteiger partial charge >= 0.3 is 6.03 Å². The topological polar surface area (TPSA) is 109 Å². The number of rotatable bonds is 5. The molecule has 4 amide bonds. The van der Waals surface area contributed by atoms with Gasteiger partial charge in [0.25, 0.3) is 5.91 Å². The molecular formula is C27H35FN4O6. The van der Waals surface area contributed by atoms with E-state index in [1.54, 1.807) is 48.2 Å². The molecule has 2 aromatic rings. The Morgan fingerprint density at radius 3 is 2.45 bits per heavy atom. The molecule has 1 aliphatic heterocycles. The fourth-order valence-corrected chi connectivity index (χ4v) is 4.26. The van der Waals surface area contributed by atoms with E-state index >= 15 is 0 Å². The number of ether oxygens (including phenoxy) is 3. The molecule has 0 unspecified atom stereocenters. The molecule has 38 heavy (non-hydrogen) atoms. The molecule has 0 aliphatic carbocycles. The van der Waals surface area contributed by atoms with Gasteiger partial charge in [0.1, 0.15) is 24.8 Å². The Labute approximate surface area is 222 Å². The van der Waals surface area contributed by atoms with Crippen molar-refractivity contribution in [2.45, 2.75) is 26.0 Å². The molecule has 3 rings (SSSR count). The number of anilines is 2. The number of likely N-dealkylation sites (N-methyl/N-ethyl adjacent to an activating group) is 1. The molecule has 0 radical (unpaired) electrons. The van der Waals surface area contributed by atoms with Gasteiger partial charge in [-0.15, -0.1) is 0 Å². The maximum absolute atomic E-state index is 13.4. The quantitative estimate of drug-likeness (QED) is 0.613. The highest BCUT2D eigenvalue weighted by Crippen LogP contribution is 2.27. The molecular weight excluding hydrogens is 495 g/mol. The van der Waals surface area contributed by atoms with Gasteiger partial charge < -0.3 is 34.6 Å². The average Bonchev–Trinajstić information content (AvgIpc) is 2.87. The third-order valence-corrected chi connectivity index (χ3v) is 6.38. The van der Waals surface area contributed by atoms with E-state index in [0.29, 0.717) is 30.0 Å². The number of carbonyl (C=O) groups is 3. The van der Waals surface area contributed by atoms with Crippen LogP contribution in [0.4, 0.5) is 20.6 Å². The summed E-state index contributed by atoms with van der Waals surface area (Å²) in [4.78, 5) is 41.9. The van der Waals surface area contributed by atoms with Crippen LogP contribution in [0.1, 0.15) is 24.2 Å². The van der Waals surface area contributed by atoms with Crippen molar-refractivity contribution in [2.75, 3.05) is 58.2 Å². The normalized spacial score (nSPS) is 20.5. The van der Waals surface area contributed by atoms with Crippen LogP contribution < -0.4 is 15.4 Å². The summed E-state index contributed by atoms with van der Waals surface area (Å²) in [7, 11) is 4.72. The first-order valence-corrected chi connectivity index (χ1v) is 12.3. The van der Waals surface area contributed by atoms with E-state index < -0.39 is 11.8 Å². The van der Waals surface area contributed by atoms with E-state index in [9.17, 15) is 18.8 Å². The molecule has 0 aromatic heterocycles. The lowest BCUT2D eigenvalue weighted by molar-refractivity contribution is -0.139. The van der Waals surface area contributed by atoms with Crippen molar-refractivity contribution in [3.8, 4) is 5.75 Å². The Bertz CT molecular complexity index is 1150. The smallest absolute Gasteiger partial charge is 0.323 e. The van der Waals surface area contributed by atoms with Gasteiger partial charge in [0.15, 0.2) is 0 Å². The number of nitrogens with zero attached hydrogens (tertiary/aromatic N) is 2. The van der Waals surface area contributed by atoms with Crippen molar-refractivity contribution >= 4 is 29.2 Å². The first-order chi connectivity index (χ1) is 18.1. The van der Waals surface area contributed by atoms with Crippen molar-refractivity contribution in [2.24, 2.45) is 5.92 Å². The van der Waals surface area contributed by atoms with Gasteiger partial charge in [-0.1, -0.05) is 13.0 Å². The Hall–Kier alpha value is -3.70. The second-order valence-electron chi connectivity index (χ2n) is 9.38. The molecule has 0 saturated heterocycles. The van der Waals surface area contributed by atoms with Gasteiger partial charge in [0.05, 0.1) is 17.7 Å². The minimum atomic E-state index is -0.589. The van der Waals surface area contributed by atoms with Crippen LogP contribution in [-0.4, -0.2) is 87.4 Å². The second-order valence-corrected chi connectivity index (χ2v) is 9.38. The molecule has 0 fully saturated rings. The number of benzene rings is 2. The lowest BCUT2D eigenvalue weighted by Gasteiger charge is -2.36. The monoisotopic (exact) mass is 530 g/mol. The standard InChI is InChI=1S/C27H35FN4O6/c1-17-13-32(25(33)16-36-4)18(2)15-38-23-12-21(30-27(35)29-20-8-6-7-19(28)11-20)9-10-22(23)26(34)31(3)14-24(17)37-5/h6-12,17-18,24H,13-16H2,1-5H3,(H2,29,30,35)/t17-,18+,24+/m1/s1. The summed E-state index contributed by atoms with van der Waals surface area (Å²) in [5, 5.41) is 5.23. The van der Waals surface area contributed by atoms with Crippen molar-refractivity contribution in [3.05, 3.63) is 53.8 Å². The van der Waals surface area contributed by atoms with Gasteiger partial charge in [-0.05, 0) is 37.3 Å². The fourth-order valence-electron chi connectivity index (χ4n) is 4.26. The minimum absolute atomic E-state index is 0.0689. The number of nitrogens with one attached hydrogen (secondary N) is 2. The predicted molar refractivity (Wildman–Crippen MR) is 141 cm³/mol. The van der Waals surface area contributed by atoms with Crippen LogP contribution in [0.15, 0.2) is 42.5 Å². The number of fused-ring (bicyclic) bond motifs is 1. The molecule has 11 heteroatoms. The summed E-state index contributed by atoms with van der Waals surface area (Å²) in [5.74, 6) is -0.752. The zero-order valence-corrected chi connectivity index (χ0v) is 22.3. The van der Waals surface area contributed by atoms with Crippen LogP contribution in [0.2, 0.25) is 0 Å². The molecule has 206 valence electrons. The highest BCUT2D eigenvalue weighted by Gasteiger charge is 2.30. The summed E-state index contributed by atoms with van der Waals surface area (Å²) in [6.07, 6.45) is -0.315. The minimum Gasteiger partial charge on any atom is -0.491 e. The molecule has 0 bridgehead atoms. The number of hydrogen-bond acceptors (Lipinski definition) is 6. The van der Waals surface area contributed by atoms with E-state index in [4.69, 9.17) is 14.2 Å². The van der Waals surface area contributed by atoms with Crippen LogP contribution in [0.5, 0.6) is 5.75 Å². The van der Waals surface area contributed by atoms with E-state index in [2.05, 4.69) is 10.6 Å². The van der Waals surface area contributed by atoms with Crippen LogP contribution in [0, 0.1) is 11.7 Å². The molecule has 0 saturated carbocycles. The second kappa shape index (κ2) is 13.2. The van der Waals surface area contributed by atoms with Crippen LogP contribution in [0.25, 0.3) is 0 Å². The van der Waals surface area contributed by atoms with Crippen LogP contribution in [0.3, 0.4) is 0 Å². The Morgan fingerprint density at radius 2 is 1.79 bits per heavy atom. The number of urea groups is 1. The van der Waals surface area contributed by atoms with E-state index in [0.717, 1.165) is 0 Å². The maximum atomic E-state index is 13.4. The fraction of sp³-hybridized carbons (Fsp3) is 0.444. The number of hydrogen-bond donors (Lipinski definition) is 2. The molecule has 10 nitrogen and oxygen atoms in total. The number of methoxy groups -OCH3 is 2. The van der Waals surface area contributed by atoms with Crippen molar-refractivity contribution in [3.63, 3.8) is 0 Å². The third-order valence-electron chi connectivity index (χ3n) is 6.38. The van der Waals surface area contributed by atoms with Crippen LogP contribution >= 0.6 is 0 Å².